The lowest BCUT2D eigenvalue weighted by molar-refractivity contribution is -0.131. The van der Waals surface area contributed by atoms with Gasteiger partial charge in [-0.3, -0.25) is 9.59 Å². The number of benzene rings is 1. The molecular formula is C13H17ClN2O2. The molecule has 0 saturated carbocycles. The van der Waals surface area contributed by atoms with Crippen LogP contribution in [0.5, 0.6) is 0 Å². The molecule has 0 radical (unpaired) electrons. The minimum absolute atomic E-state index is 0.0601. The maximum atomic E-state index is 11.8. The predicted molar refractivity (Wildman–Crippen MR) is 71.0 cm³/mol. The molecule has 0 unspecified atom stereocenters. The average Bonchev–Trinajstić information content (AvgIpc) is 2.35. The number of halogens is 1. The van der Waals surface area contributed by atoms with Crippen LogP contribution in [-0.2, 0) is 16.1 Å². The Morgan fingerprint density at radius 3 is 2.39 bits per heavy atom. The molecule has 0 aliphatic rings. The van der Waals surface area contributed by atoms with Crippen LogP contribution in [0.4, 0.5) is 0 Å². The van der Waals surface area contributed by atoms with Crippen molar-refractivity contribution in [3.8, 4) is 0 Å². The predicted octanol–water partition coefficient (Wildman–Crippen LogP) is 1.52. The maximum absolute atomic E-state index is 11.8. The monoisotopic (exact) mass is 268 g/mol. The summed E-state index contributed by atoms with van der Waals surface area (Å²) in [4.78, 5) is 24.3. The molecule has 4 nitrogen and oxygen atoms in total. The van der Waals surface area contributed by atoms with Gasteiger partial charge in [-0.25, -0.2) is 0 Å². The van der Waals surface area contributed by atoms with Gasteiger partial charge in [0.05, 0.1) is 0 Å². The van der Waals surface area contributed by atoms with Crippen LogP contribution in [0.2, 0.25) is 0 Å². The molecular weight excluding hydrogens is 252 g/mol. The first-order valence-electron chi connectivity index (χ1n) is 5.79. The van der Waals surface area contributed by atoms with Crippen molar-refractivity contribution in [2.24, 2.45) is 5.73 Å². The maximum Gasteiger partial charge on any atom is 0.224 e. The van der Waals surface area contributed by atoms with Gasteiger partial charge in [0.25, 0.3) is 0 Å². The summed E-state index contributed by atoms with van der Waals surface area (Å²) in [5.74, 6) is -0.192. The highest BCUT2D eigenvalue weighted by atomic mass is 35.5. The first-order valence-corrected chi connectivity index (χ1v) is 6.33. The zero-order valence-corrected chi connectivity index (χ0v) is 10.9. The Bertz CT molecular complexity index is 395. The minimum atomic E-state index is -0.410. The van der Waals surface area contributed by atoms with E-state index in [1.165, 1.54) is 0 Å². The lowest BCUT2D eigenvalue weighted by Crippen LogP contribution is -2.33. The second-order valence-electron chi connectivity index (χ2n) is 3.96. The SMILES string of the molecule is NC(=O)CCN(Cc1ccccc1)C(=O)CCCl. The molecule has 1 aromatic rings. The molecule has 0 spiro atoms. The highest BCUT2D eigenvalue weighted by Gasteiger charge is 2.14. The summed E-state index contributed by atoms with van der Waals surface area (Å²) < 4.78 is 0. The van der Waals surface area contributed by atoms with Crippen molar-refractivity contribution in [3.63, 3.8) is 0 Å². The Balaban J connectivity index is 2.64. The second-order valence-corrected chi connectivity index (χ2v) is 4.33. The Labute approximate surface area is 112 Å². The van der Waals surface area contributed by atoms with Crippen molar-refractivity contribution in [1.29, 1.82) is 0 Å². The molecule has 2 N–H and O–H groups in total. The van der Waals surface area contributed by atoms with Crippen LogP contribution in [0.15, 0.2) is 30.3 Å². The van der Waals surface area contributed by atoms with E-state index in [0.717, 1.165) is 5.56 Å². The van der Waals surface area contributed by atoms with Crippen LogP contribution < -0.4 is 5.73 Å². The van der Waals surface area contributed by atoms with Crippen LogP contribution in [-0.4, -0.2) is 29.1 Å². The quantitative estimate of drug-likeness (QED) is 0.762. The van der Waals surface area contributed by atoms with Crippen molar-refractivity contribution >= 4 is 23.4 Å². The van der Waals surface area contributed by atoms with Crippen LogP contribution >= 0.6 is 11.6 Å². The zero-order valence-electron chi connectivity index (χ0n) is 10.1. The van der Waals surface area contributed by atoms with E-state index in [1.54, 1.807) is 4.90 Å². The first-order chi connectivity index (χ1) is 8.63. The van der Waals surface area contributed by atoms with Crippen LogP contribution in [0, 0.1) is 0 Å². The van der Waals surface area contributed by atoms with Crippen LogP contribution in [0.3, 0.4) is 0 Å². The van der Waals surface area contributed by atoms with E-state index in [1.807, 2.05) is 30.3 Å². The van der Waals surface area contributed by atoms with Crippen LogP contribution in [0.1, 0.15) is 18.4 Å². The van der Waals surface area contributed by atoms with E-state index in [2.05, 4.69) is 0 Å². The number of primary amides is 1. The van der Waals surface area contributed by atoms with E-state index in [-0.39, 0.29) is 24.6 Å². The van der Waals surface area contributed by atoms with E-state index in [9.17, 15) is 9.59 Å². The fraction of sp³-hybridized carbons (Fsp3) is 0.385. The van der Waals surface area contributed by atoms with Gasteiger partial charge in [-0.1, -0.05) is 30.3 Å². The fourth-order valence-corrected chi connectivity index (χ4v) is 1.74. The topological polar surface area (TPSA) is 63.4 Å². The Hall–Kier alpha value is -1.55. The highest BCUT2D eigenvalue weighted by molar-refractivity contribution is 6.18. The van der Waals surface area contributed by atoms with Gasteiger partial charge in [0.2, 0.25) is 11.8 Å². The number of nitrogens with two attached hydrogens (primary N) is 1. The molecule has 0 heterocycles. The number of carbonyl (C=O) groups excluding carboxylic acids is 2. The molecule has 2 amide bonds. The average molecular weight is 269 g/mol. The summed E-state index contributed by atoms with van der Waals surface area (Å²) >= 11 is 5.57. The van der Waals surface area contributed by atoms with E-state index in [0.29, 0.717) is 13.1 Å². The molecule has 0 aliphatic heterocycles. The van der Waals surface area contributed by atoms with Crippen LogP contribution in [0.25, 0.3) is 0 Å². The number of hydrogen-bond acceptors (Lipinski definition) is 2. The lowest BCUT2D eigenvalue weighted by atomic mass is 10.2. The summed E-state index contributed by atoms with van der Waals surface area (Å²) in [6.45, 7) is 0.809. The number of carbonyl (C=O) groups is 2. The molecule has 0 aromatic heterocycles. The number of nitrogens with zero attached hydrogens (tertiary/aromatic N) is 1. The number of hydrogen-bond donors (Lipinski definition) is 1. The van der Waals surface area contributed by atoms with Crippen molar-refractivity contribution < 1.29 is 9.59 Å². The van der Waals surface area contributed by atoms with Crippen molar-refractivity contribution in [2.45, 2.75) is 19.4 Å². The van der Waals surface area contributed by atoms with Crippen molar-refractivity contribution in [3.05, 3.63) is 35.9 Å². The number of amides is 2. The van der Waals surface area contributed by atoms with E-state index < -0.39 is 5.91 Å². The third-order valence-corrected chi connectivity index (χ3v) is 2.69. The third-order valence-electron chi connectivity index (χ3n) is 2.51. The minimum Gasteiger partial charge on any atom is -0.370 e. The standard InChI is InChI=1S/C13H17ClN2O2/c14-8-6-13(18)16(9-7-12(15)17)10-11-4-2-1-3-5-11/h1-5H,6-10H2,(H2,15,17). The van der Waals surface area contributed by atoms with Crippen molar-refractivity contribution in [1.82, 2.24) is 4.90 Å². The van der Waals surface area contributed by atoms with Crippen molar-refractivity contribution in [2.75, 3.05) is 12.4 Å². The first kappa shape index (κ1) is 14.5. The van der Waals surface area contributed by atoms with Gasteiger partial charge in [-0.05, 0) is 5.56 Å². The van der Waals surface area contributed by atoms with E-state index in [4.69, 9.17) is 17.3 Å². The molecule has 0 bridgehead atoms. The Kier molecular flexibility index (Phi) is 6.22. The van der Waals surface area contributed by atoms with Gasteiger partial charge in [-0.2, -0.15) is 0 Å². The van der Waals surface area contributed by atoms with Gasteiger partial charge < -0.3 is 10.6 Å². The molecule has 0 atom stereocenters. The van der Waals surface area contributed by atoms with Gasteiger partial charge in [0.15, 0.2) is 0 Å². The summed E-state index contributed by atoms with van der Waals surface area (Å²) in [6, 6.07) is 9.61. The molecule has 98 valence electrons. The molecule has 0 saturated heterocycles. The van der Waals surface area contributed by atoms with Gasteiger partial charge in [0, 0.05) is 31.8 Å². The number of alkyl halides is 1. The molecule has 18 heavy (non-hydrogen) atoms. The summed E-state index contributed by atoms with van der Waals surface area (Å²) in [5.41, 5.74) is 6.12. The summed E-state index contributed by atoms with van der Waals surface area (Å²) in [5, 5.41) is 0. The van der Waals surface area contributed by atoms with Gasteiger partial charge in [-0.15, -0.1) is 11.6 Å². The molecule has 1 rings (SSSR count). The van der Waals surface area contributed by atoms with E-state index >= 15 is 0 Å². The molecule has 0 aliphatic carbocycles. The molecule has 5 heteroatoms. The summed E-state index contributed by atoms with van der Waals surface area (Å²) in [6.07, 6.45) is 0.439. The Morgan fingerprint density at radius 2 is 1.83 bits per heavy atom. The fourth-order valence-electron chi connectivity index (χ4n) is 1.58. The zero-order chi connectivity index (χ0) is 13.4. The molecule has 0 fully saturated rings. The largest absolute Gasteiger partial charge is 0.370 e. The van der Waals surface area contributed by atoms with Gasteiger partial charge in [0.1, 0.15) is 0 Å². The summed E-state index contributed by atoms with van der Waals surface area (Å²) in [7, 11) is 0. The lowest BCUT2D eigenvalue weighted by Gasteiger charge is -2.22. The second kappa shape index (κ2) is 7.71. The normalized spacial score (nSPS) is 10.1. The third kappa shape index (κ3) is 5.19. The molecule has 1 aromatic carbocycles. The smallest absolute Gasteiger partial charge is 0.224 e. The Morgan fingerprint density at radius 1 is 1.17 bits per heavy atom. The van der Waals surface area contributed by atoms with Gasteiger partial charge >= 0.3 is 0 Å². The highest BCUT2D eigenvalue weighted by Crippen LogP contribution is 2.07. The number of rotatable bonds is 7.